The summed E-state index contributed by atoms with van der Waals surface area (Å²) in [5, 5.41) is 0. The first-order valence-electron chi connectivity index (χ1n) is 6.99. The number of hydrogen-bond acceptors (Lipinski definition) is 2. The molecular weight excluding hydrogens is 222 g/mol. The molecule has 1 atom stereocenters. The fraction of sp³-hybridized carbons (Fsp3) is 0.625. The second-order valence-corrected chi connectivity index (χ2v) is 5.30. The van der Waals surface area contributed by atoms with Crippen LogP contribution in [-0.2, 0) is 12.8 Å². The first kappa shape index (κ1) is 15.0. The molecule has 0 saturated carbocycles. The molecule has 0 aliphatic carbocycles. The summed E-state index contributed by atoms with van der Waals surface area (Å²) >= 11 is 0. The van der Waals surface area contributed by atoms with Crippen LogP contribution in [0.1, 0.15) is 44.7 Å². The summed E-state index contributed by atoms with van der Waals surface area (Å²) in [5.41, 5.74) is 8.76. The largest absolute Gasteiger partial charge is 0.496 e. The molecule has 0 radical (unpaired) electrons. The smallest absolute Gasteiger partial charge is 0.122 e. The van der Waals surface area contributed by atoms with E-state index in [-0.39, 0.29) is 0 Å². The van der Waals surface area contributed by atoms with E-state index in [1.54, 1.807) is 7.11 Å². The van der Waals surface area contributed by atoms with Gasteiger partial charge < -0.3 is 10.5 Å². The van der Waals surface area contributed by atoms with Gasteiger partial charge in [-0.3, -0.25) is 0 Å². The van der Waals surface area contributed by atoms with E-state index < -0.39 is 0 Å². The van der Waals surface area contributed by atoms with Crippen LogP contribution < -0.4 is 10.5 Å². The molecule has 0 aliphatic rings. The van der Waals surface area contributed by atoms with E-state index in [1.807, 2.05) is 0 Å². The van der Waals surface area contributed by atoms with Crippen molar-refractivity contribution in [3.05, 3.63) is 29.3 Å². The van der Waals surface area contributed by atoms with Gasteiger partial charge in [0, 0.05) is 6.04 Å². The van der Waals surface area contributed by atoms with E-state index in [2.05, 4.69) is 39.0 Å². The summed E-state index contributed by atoms with van der Waals surface area (Å²) in [5.74, 6) is 1.57. The van der Waals surface area contributed by atoms with E-state index in [0.717, 1.165) is 31.4 Å². The maximum atomic E-state index is 6.08. The molecule has 0 fully saturated rings. The minimum Gasteiger partial charge on any atom is -0.496 e. The van der Waals surface area contributed by atoms with Gasteiger partial charge in [-0.1, -0.05) is 32.9 Å². The van der Waals surface area contributed by atoms with Gasteiger partial charge >= 0.3 is 0 Å². The first-order valence-corrected chi connectivity index (χ1v) is 6.99. The van der Waals surface area contributed by atoms with Crippen molar-refractivity contribution in [1.29, 1.82) is 0 Å². The lowest BCUT2D eigenvalue weighted by molar-refractivity contribution is 0.406. The Labute approximate surface area is 112 Å². The summed E-state index contributed by atoms with van der Waals surface area (Å²) < 4.78 is 5.42. The minimum atomic E-state index is 0.311. The molecule has 18 heavy (non-hydrogen) atoms. The molecular formula is C16H27NO. The second-order valence-electron chi connectivity index (χ2n) is 5.30. The molecule has 0 amide bonds. The molecule has 2 heteroatoms. The molecule has 102 valence electrons. The van der Waals surface area contributed by atoms with E-state index in [0.29, 0.717) is 12.0 Å². The Morgan fingerprint density at radius 3 is 2.56 bits per heavy atom. The Kier molecular flexibility index (Phi) is 6.20. The van der Waals surface area contributed by atoms with Crippen molar-refractivity contribution in [2.45, 2.75) is 52.5 Å². The van der Waals surface area contributed by atoms with Gasteiger partial charge in [0.2, 0.25) is 0 Å². The van der Waals surface area contributed by atoms with Crippen LogP contribution in [0.4, 0.5) is 0 Å². The van der Waals surface area contributed by atoms with Gasteiger partial charge in [-0.25, -0.2) is 0 Å². The highest BCUT2D eigenvalue weighted by atomic mass is 16.5. The Bertz CT molecular complexity index is 360. The highest BCUT2D eigenvalue weighted by Crippen LogP contribution is 2.22. The maximum Gasteiger partial charge on any atom is 0.122 e. The highest BCUT2D eigenvalue weighted by molar-refractivity contribution is 5.37. The zero-order chi connectivity index (χ0) is 13.5. The molecule has 1 rings (SSSR count). The Hall–Kier alpha value is -1.02. The van der Waals surface area contributed by atoms with E-state index >= 15 is 0 Å². The van der Waals surface area contributed by atoms with Crippen LogP contribution in [0.15, 0.2) is 18.2 Å². The average Bonchev–Trinajstić information content (AvgIpc) is 2.38. The van der Waals surface area contributed by atoms with Crippen molar-refractivity contribution in [3.63, 3.8) is 0 Å². The van der Waals surface area contributed by atoms with Gasteiger partial charge in [-0.2, -0.15) is 0 Å². The zero-order valence-electron chi connectivity index (χ0n) is 12.2. The SMILES string of the molecule is CCc1ccc(OC)c(CCCC(N)C(C)C)c1. The minimum absolute atomic E-state index is 0.311. The molecule has 0 aliphatic heterocycles. The van der Waals surface area contributed by atoms with Gasteiger partial charge in [-0.15, -0.1) is 0 Å². The van der Waals surface area contributed by atoms with Crippen molar-refractivity contribution < 1.29 is 4.74 Å². The number of methoxy groups -OCH3 is 1. The lowest BCUT2D eigenvalue weighted by Crippen LogP contribution is -2.26. The summed E-state index contributed by atoms with van der Waals surface area (Å²) in [6, 6.07) is 6.80. The molecule has 0 aromatic heterocycles. The molecule has 2 N–H and O–H groups in total. The number of ether oxygens (including phenoxy) is 1. The Morgan fingerprint density at radius 2 is 2.00 bits per heavy atom. The lowest BCUT2D eigenvalue weighted by atomic mass is 9.96. The van der Waals surface area contributed by atoms with Gasteiger partial charge in [0.15, 0.2) is 0 Å². The van der Waals surface area contributed by atoms with Crippen molar-refractivity contribution in [1.82, 2.24) is 0 Å². The fourth-order valence-corrected chi connectivity index (χ4v) is 2.11. The maximum absolute atomic E-state index is 6.08. The van der Waals surface area contributed by atoms with Gasteiger partial charge in [-0.05, 0) is 48.8 Å². The number of benzene rings is 1. The van der Waals surface area contributed by atoms with Crippen LogP contribution in [0.3, 0.4) is 0 Å². The number of rotatable bonds is 7. The summed E-state index contributed by atoms with van der Waals surface area (Å²) in [6.45, 7) is 6.55. The average molecular weight is 249 g/mol. The fourth-order valence-electron chi connectivity index (χ4n) is 2.11. The molecule has 1 unspecified atom stereocenters. The van der Waals surface area contributed by atoms with Crippen molar-refractivity contribution in [2.24, 2.45) is 11.7 Å². The monoisotopic (exact) mass is 249 g/mol. The van der Waals surface area contributed by atoms with E-state index in [9.17, 15) is 0 Å². The van der Waals surface area contributed by atoms with Crippen LogP contribution in [-0.4, -0.2) is 13.2 Å². The number of hydrogen-bond donors (Lipinski definition) is 1. The third-order valence-electron chi connectivity index (χ3n) is 3.59. The normalized spacial score (nSPS) is 12.8. The summed E-state index contributed by atoms with van der Waals surface area (Å²) in [6.07, 6.45) is 4.33. The standard InChI is InChI=1S/C16H27NO/c1-5-13-9-10-16(18-4)14(11-13)7-6-8-15(17)12(2)3/h9-12,15H,5-8,17H2,1-4H3. The van der Waals surface area contributed by atoms with Gasteiger partial charge in [0.25, 0.3) is 0 Å². The van der Waals surface area contributed by atoms with Gasteiger partial charge in [0.1, 0.15) is 5.75 Å². The zero-order valence-corrected chi connectivity index (χ0v) is 12.2. The molecule has 0 heterocycles. The highest BCUT2D eigenvalue weighted by Gasteiger charge is 2.09. The predicted octanol–water partition coefficient (Wildman–Crippen LogP) is 3.56. The third kappa shape index (κ3) is 4.34. The van der Waals surface area contributed by atoms with Gasteiger partial charge in [0.05, 0.1) is 7.11 Å². The van der Waals surface area contributed by atoms with Crippen molar-refractivity contribution >= 4 is 0 Å². The summed E-state index contributed by atoms with van der Waals surface area (Å²) in [4.78, 5) is 0. The van der Waals surface area contributed by atoms with E-state index in [4.69, 9.17) is 10.5 Å². The molecule has 2 nitrogen and oxygen atoms in total. The van der Waals surface area contributed by atoms with Crippen molar-refractivity contribution in [2.75, 3.05) is 7.11 Å². The number of nitrogens with two attached hydrogens (primary N) is 1. The second kappa shape index (κ2) is 7.42. The lowest BCUT2D eigenvalue weighted by Gasteiger charge is -2.16. The van der Waals surface area contributed by atoms with Crippen molar-refractivity contribution in [3.8, 4) is 5.75 Å². The Morgan fingerprint density at radius 1 is 1.28 bits per heavy atom. The van der Waals surface area contributed by atoms with Crippen LogP contribution >= 0.6 is 0 Å². The van der Waals surface area contributed by atoms with Crippen LogP contribution in [0.5, 0.6) is 5.75 Å². The quantitative estimate of drug-likeness (QED) is 0.802. The molecule has 1 aromatic carbocycles. The molecule has 0 spiro atoms. The topological polar surface area (TPSA) is 35.2 Å². The predicted molar refractivity (Wildman–Crippen MR) is 78.1 cm³/mol. The van der Waals surface area contributed by atoms with Crippen LogP contribution in [0.25, 0.3) is 0 Å². The molecule has 0 bridgehead atoms. The number of aryl methyl sites for hydroxylation is 2. The summed E-state index contributed by atoms with van der Waals surface area (Å²) in [7, 11) is 1.74. The molecule has 0 saturated heterocycles. The van der Waals surface area contributed by atoms with Crippen LogP contribution in [0.2, 0.25) is 0 Å². The molecule has 1 aromatic rings. The Balaban J connectivity index is 2.59. The third-order valence-corrected chi connectivity index (χ3v) is 3.59. The van der Waals surface area contributed by atoms with E-state index in [1.165, 1.54) is 11.1 Å². The van der Waals surface area contributed by atoms with Crippen LogP contribution in [0, 0.1) is 5.92 Å². The first-order chi connectivity index (χ1) is 8.58.